The van der Waals surface area contributed by atoms with E-state index in [-0.39, 0.29) is 17.4 Å². The number of carbonyl (C=O) groups excluding carboxylic acids is 1. The van der Waals surface area contributed by atoms with Gasteiger partial charge in [-0.25, -0.2) is 0 Å². The van der Waals surface area contributed by atoms with Crippen molar-refractivity contribution in [1.29, 1.82) is 0 Å². The van der Waals surface area contributed by atoms with Gasteiger partial charge in [0, 0.05) is 18.5 Å². The fraction of sp³-hybridized carbons (Fsp3) is 0.588. The van der Waals surface area contributed by atoms with Gasteiger partial charge in [0.1, 0.15) is 0 Å². The van der Waals surface area contributed by atoms with Crippen LogP contribution in [0.5, 0.6) is 0 Å². The van der Waals surface area contributed by atoms with Gasteiger partial charge in [0.25, 0.3) is 0 Å². The topological polar surface area (TPSA) is 55.1 Å². The summed E-state index contributed by atoms with van der Waals surface area (Å²) in [5.74, 6) is 0.808. The summed E-state index contributed by atoms with van der Waals surface area (Å²) in [4.78, 5) is 12.2. The second-order valence-electron chi connectivity index (χ2n) is 6.43. The number of nitrogens with one attached hydrogen (secondary N) is 1. The molecule has 0 aliphatic heterocycles. The molecule has 0 aliphatic rings. The molecular weight excluding hydrogens is 248 g/mol. The summed E-state index contributed by atoms with van der Waals surface area (Å²) in [6.07, 6.45) is 1.40. The average molecular weight is 276 g/mol. The molecule has 3 N–H and O–H groups in total. The van der Waals surface area contributed by atoms with Crippen LogP contribution in [-0.4, -0.2) is 18.0 Å². The third kappa shape index (κ3) is 5.33. The van der Waals surface area contributed by atoms with Gasteiger partial charge in [0.15, 0.2) is 0 Å². The minimum atomic E-state index is -0.304. The van der Waals surface area contributed by atoms with E-state index in [1.165, 1.54) is 5.56 Å². The highest BCUT2D eigenvalue weighted by Gasteiger charge is 2.26. The molecule has 0 fully saturated rings. The van der Waals surface area contributed by atoms with Crippen molar-refractivity contribution in [3.8, 4) is 0 Å². The molecule has 112 valence electrons. The summed E-state index contributed by atoms with van der Waals surface area (Å²) in [7, 11) is 0. The predicted molar refractivity (Wildman–Crippen MR) is 84.5 cm³/mol. The van der Waals surface area contributed by atoms with Crippen molar-refractivity contribution in [2.75, 3.05) is 6.54 Å². The van der Waals surface area contributed by atoms with E-state index >= 15 is 0 Å². The van der Waals surface area contributed by atoms with Crippen molar-refractivity contribution >= 4 is 5.91 Å². The fourth-order valence-corrected chi connectivity index (χ4v) is 2.65. The number of hydrogen-bond acceptors (Lipinski definition) is 2. The minimum absolute atomic E-state index is 0.0787. The van der Waals surface area contributed by atoms with Crippen LogP contribution in [0.2, 0.25) is 0 Å². The van der Waals surface area contributed by atoms with Crippen molar-refractivity contribution in [3.63, 3.8) is 0 Å². The van der Waals surface area contributed by atoms with Gasteiger partial charge < -0.3 is 11.1 Å². The molecule has 0 spiro atoms. The molecule has 3 nitrogen and oxygen atoms in total. The van der Waals surface area contributed by atoms with Gasteiger partial charge in [-0.15, -0.1) is 0 Å². The lowest BCUT2D eigenvalue weighted by molar-refractivity contribution is -0.123. The summed E-state index contributed by atoms with van der Waals surface area (Å²) < 4.78 is 0. The van der Waals surface area contributed by atoms with Crippen molar-refractivity contribution in [3.05, 3.63) is 35.9 Å². The number of rotatable bonds is 7. The van der Waals surface area contributed by atoms with E-state index in [2.05, 4.69) is 38.2 Å². The molecule has 1 aromatic rings. The van der Waals surface area contributed by atoms with Crippen molar-refractivity contribution < 1.29 is 4.79 Å². The second kappa shape index (κ2) is 7.44. The molecule has 2 unspecified atom stereocenters. The number of amides is 1. The third-order valence-corrected chi connectivity index (χ3v) is 3.61. The zero-order chi connectivity index (χ0) is 15.2. The number of nitrogens with two attached hydrogens (primary N) is 1. The van der Waals surface area contributed by atoms with Crippen LogP contribution >= 0.6 is 0 Å². The Labute approximate surface area is 122 Å². The number of hydrogen-bond donors (Lipinski definition) is 2. The molecule has 3 heteroatoms. The normalized spacial score (nSPS) is 15.7. The minimum Gasteiger partial charge on any atom is -0.350 e. The van der Waals surface area contributed by atoms with Crippen molar-refractivity contribution in [2.24, 2.45) is 11.7 Å². The monoisotopic (exact) mass is 276 g/mol. The van der Waals surface area contributed by atoms with Gasteiger partial charge in [0.05, 0.1) is 0 Å². The summed E-state index contributed by atoms with van der Waals surface area (Å²) in [5.41, 5.74) is 6.72. The number of benzene rings is 1. The second-order valence-corrected chi connectivity index (χ2v) is 6.43. The number of carbonyl (C=O) groups is 1. The quantitative estimate of drug-likeness (QED) is 0.804. The van der Waals surface area contributed by atoms with Crippen molar-refractivity contribution in [2.45, 2.75) is 52.0 Å². The van der Waals surface area contributed by atoms with Gasteiger partial charge in [-0.2, -0.15) is 0 Å². The van der Waals surface area contributed by atoms with E-state index < -0.39 is 0 Å². The maximum absolute atomic E-state index is 12.2. The van der Waals surface area contributed by atoms with Crippen LogP contribution < -0.4 is 11.1 Å². The molecule has 0 saturated heterocycles. The van der Waals surface area contributed by atoms with E-state index in [4.69, 9.17) is 5.73 Å². The molecule has 1 aromatic carbocycles. The summed E-state index contributed by atoms with van der Waals surface area (Å²) in [5, 5.41) is 3.11. The van der Waals surface area contributed by atoms with E-state index in [1.807, 2.05) is 25.1 Å². The smallest absolute Gasteiger partial charge is 0.221 e. The lowest BCUT2D eigenvalue weighted by atomic mass is 9.90. The lowest BCUT2D eigenvalue weighted by Crippen LogP contribution is -2.52. The van der Waals surface area contributed by atoms with E-state index in [0.29, 0.717) is 18.9 Å². The van der Waals surface area contributed by atoms with Gasteiger partial charge >= 0.3 is 0 Å². The highest BCUT2D eigenvalue weighted by molar-refractivity contribution is 5.77. The highest BCUT2D eigenvalue weighted by atomic mass is 16.1. The summed E-state index contributed by atoms with van der Waals surface area (Å²) in [6.45, 7) is 8.87. The Morgan fingerprint density at radius 3 is 2.35 bits per heavy atom. The van der Waals surface area contributed by atoms with Crippen LogP contribution in [0.1, 0.15) is 52.0 Å². The zero-order valence-corrected chi connectivity index (χ0v) is 13.1. The van der Waals surface area contributed by atoms with Crippen LogP contribution in [0.15, 0.2) is 30.3 Å². The summed E-state index contributed by atoms with van der Waals surface area (Å²) in [6, 6.07) is 10.1. The lowest BCUT2D eigenvalue weighted by Gasteiger charge is -2.31. The predicted octanol–water partition coefficient (Wildman–Crippen LogP) is 3.06. The average Bonchev–Trinajstić information content (AvgIpc) is 2.38. The van der Waals surface area contributed by atoms with Crippen LogP contribution in [0.4, 0.5) is 0 Å². The Bertz CT molecular complexity index is 416. The molecule has 0 saturated carbocycles. The highest BCUT2D eigenvalue weighted by Crippen LogP contribution is 2.20. The maximum atomic E-state index is 12.2. The van der Waals surface area contributed by atoms with E-state index in [9.17, 15) is 4.79 Å². The molecule has 1 rings (SSSR count). The Morgan fingerprint density at radius 1 is 1.25 bits per heavy atom. The maximum Gasteiger partial charge on any atom is 0.221 e. The SMILES string of the molecule is CC(C)CC(C)(CN)NC(=O)CC(C)c1ccccc1. The van der Waals surface area contributed by atoms with Gasteiger partial charge in [-0.05, 0) is 30.7 Å². The van der Waals surface area contributed by atoms with Crippen LogP contribution in [0.3, 0.4) is 0 Å². The van der Waals surface area contributed by atoms with Gasteiger partial charge in [-0.1, -0.05) is 51.1 Å². The molecule has 0 aliphatic carbocycles. The van der Waals surface area contributed by atoms with Gasteiger partial charge in [0.2, 0.25) is 5.91 Å². The molecular formula is C17H28N2O. The standard InChI is InChI=1S/C17H28N2O/c1-13(2)11-17(4,12-18)19-16(20)10-14(3)15-8-6-5-7-9-15/h5-9,13-14H,10-12,18H2,1-4H3,(H,19,20). The largest absolute Gasteiger partial charge is 0.350 e. The molecule has 0 bridgehead atoms. The zero-order valence-electron chi connectivity index (χ0n) is 13.1. The van der Waals surface area contributed by atoms with Crippen LogP contribution in [0, 0.1) is 5.92 Å². The molecule has 20 heavy (non-hydrogen) atoms. The molecule has 1 amide bonds. The fourth-order valence-electron chi connectivity index (χ4n) is 2.65. The Kier molecular flexibility index (Phi) is 6.21. The summed E-state index contributed by atoms with van der Waals surface area (Å²) >= 11 is 0. The van der Waals surface area contributed by atoms with Crippen LogP contribution in [0.25, 0.3) is 0 Å². The Hall–Kier alpha value is -1.35. The van der Waals surface area contributed by atoms with Gasteiger partial charge in [-0.3, -0.25) is 4.79 Å². The van der Waals surface area contributed by atoms with E-state index in [0.717, 1.165) is 6.42 Å². The first-order valence-electron chi connectivity index (χ1n) is 7.42. The molecule has 0 aromatic heterocycles. The first kappa shape index (κ1) is 16.7. The van der Waals surface area contributed by atoms with Crippen molar-refractivity contribution in [1.82, 2.24) is 5.32 Å². The first-order chi connectivity index (χ1) is 9.36. The Morgan fingerprint density at radius 2 is 1.85 bits per heavy atom. The third-order valence-electron chi connectivity index (χ3n) is 3.61. The molecule has 2 atom stereocenters. The molecule has 0 heterocycles. The molecule has 0 radical (unpaired) electrons. The van der Waals surface area contributed by atoms with E-state index in [1.54, 1.807) is 0 Å². The first-order valence-corrected chi connectivity index (χ1v) is 7.42. The Balaban J connectivity index is 2.58. The van der Waals surface area contributed by atoms with Crippen LogP contribution in [-0.2, 0) is 4.79 Å².